The molecular weight excluding hydrogens is 637 g/mol. The molecule has 2 aliphatic heterocycles. The van der Waals surface area contributed by atoms with Gasteiger partial charge in [-0.15, -0.1) is 11.6 Å². The van der Waals surface area contributed by atoms with Crippen LogP contribution in [0.1, 0.15) is 63.5 Å². The Morgan fingerprint density at radius 2 is 1.83 bits per heavy atom. The van der Waals surface area contributed by atoms with Gasteiger partial charge in [-0.05, 0) is 67.9 Å². The van der Waals surface area contributed by atoms with Crippen molar-refractivity contribution in [1.29, 1.82) is 0 Å². The fourth-order valence-corrected chi connectivity index (χ4v) is 9.48. The molecule has 4 aliphatic carbocycles. The summed E-state index contributed by atoms with van der Waals surface area (Å²) >= 11 is 7.03. The van der Waals surface area contributed by atoms with E-state index in [0.29, 0.717) is 23.5 Å². The molecule has 4 saturated carbocycles. The predicted octanol–water partition coefficient (Wildman–Crippen LogP) is -3.24. The fraction of sp³-hybridized carbons (Fsp3) is 0.742. The van der Waals surface area contributed by atoms with Gasteiger partial charge in [0.15, 0.2) is 5.60 Å². The summed E-state index contributed by atoms with van der Waals surface area (Å²) in [6, 6.07) is 3.83. The van der Waals surface area contributed by atoms with E-state index >= 15 is 0 Å². The average molecular weight is 678 g/mol. The Morgan fingerprint density at radius 1 is 1.15 bits per heavy atom. The number of aliphatic hydroxyl groups is 4. The second-order valence-electron chi connectivity index (χ2n) is 13.4. The largest absolute Gasteiger partial charge is 1.00 e. The molecule has 2 heterocycles. The molecule has 6 aliphatic rings. The maximum Gasteiger partial charge on any atom is 1.00 e. The van der Waals surface area contributed by atoms with Gasteiger partial charge in [0.1, 0.15) is 30.0 Å². The van der Waals surface area contributed by atoms with Gasteiger partial charge in [-0.3, -0.25) is 4.79 Å². The predicted molar refractivity (Wildman–Crippen MR) is 152 cm³/mol. The summed E-state index contributed by atoms with van der Waals surface area (Å²) in [4.78, 5) is 36.3. The molecule has 4 bridgehead atoms. The van der Waals surface area contributed by atoms with E-state index in [9.17, 15) is 35.1 Å². The van der Waals surface area contributed by atoms with Crippen LogP contribution in [0.15, 0.2) is 18.2 Å². The number of ether oxygens (including phenoxy) is 3. The van der Waals surface area contributed by atoms with E-state index in [-0.39, 0.29) is 52.0 Å². The minimum Gasteiger partial charge on any atom is -0.543 e. The number of aryl methyl sites for hydroxylation is 1. The minimum absolute atomic E-state index is 0. The van der Waals surface area contributed by atoms with Crippen molar-refractivity contribution in [3.05, 3.63) is 29.3 Å². The molecule has 7 rings (SSSR count). The summed E-state index contributed by atoms with van der Waals surface area (Å²) in [5.74, 6) is -5.76. The van der Waals surface area contributed by atoms with Gasteiger partial charge in [-0.1, -0.05) is 19.1 Å². The van der Waals surface area contributed by atoms with E-state index in [1.807, 2.05) is 13.0 Å². The SMILES string of the molecule is CCc1ccc(C2(OC)OOC23C2CC4CC3CC(Cl)(C4)C2)cc1O[C@@]1(C(=O)[O-])C[C@H](O)[C@@H](NC(C)=O)[C@H](C(O)C(O)CO)O1.[Na+]. The Kier molecular flexibility index (Phi) is 10.2. The Morgan fingerprint density at radius 3 is 2.33 bits per heavy atom. The van der Waals surface area contributed by atoms with E-state index in [1.54, 1.807) is 12.1 Å². The van der Waals surface area contributed by atoms with Crippen LogP contribution in [0.25, 0.3) is 0 Å². The van der Waals surface area contributed by atoms with Crippen LogP contribution in [0.4, 0.5) is 0 Å². The molecule has 5 N–H and O–H groups in total. The Labute approximate surface area is 294 Å². The Hall–Kier alpha value is -1.07. The smallest absolute Gasteiger partial charge is 0.543 e. The number of carbonyl (C=O) groups excluding carboxylic acids is 2. The number of nitrogens with one attached hydrogen (secondary N) is 1. The van der Waals surface area contributed by atoms with Crippen LogP contribution in [-0.4, -0.2) is 92.7 Å². The van der Waals surface area contributed by atoms with E-state index < -0.39 is 72.5 Å². The molecule has 1 amide bonds. The molecule has 1 aromatic carbocycles. The number of benzene rings is 1. The zero-order chi connectivity index (χ0) is 32.5. The molecule has 1 aromatic rings. The topological polar surface area (TPSA) is 196 Å². The first-order valence-electron chi connectivity index (χ1n) is 15.5. The van der Waals surface area contributed by atoms with Crippen LogP contribution < -0.4 is 44.7 Å². The molecule has 1 spiro atoms. The van der Waals surface area contributed by atoms with Crippen LogP contribution >= 0.6 is 11.6 Å². The molecule has 13 nitrogen and oxygen atoms in total. The number of carboxylic acids is 1. The summed E-state index contributed by atoms with van der Waals surface area (Å²) in [5.41, 5.74) is 0.291. The number of hydrogen-bond donors (Lipinski definition) is 5. The zero-order valence-corrected chi connectivity index (χ0v) is 29.2. The van der Waals surface area contributed by atoms with Gasteiger partial charge in [0.2, 0.25) is 5.91 Å². The van der Waals surface area contributed by atoms with Crippen LogP contribution in [0.5, 0.6) is 5.75 Å². The third-order valence-electron chi connectivity index (χ3n) is 10.7. The zero-order valence-electron chi connectivity index (χ0n) is 26.4. The van der Waals surface area contributed by atoms with Gasteiger partial charge in [0.05, 0.1) is 18.8 Å². The van der Waals surface area contributed by atoms with E-state index in [1.165, 1.54) is 7.11 Å². The molecule has 0 radical (unpaired) electrons. The number of halogens is 1. The standard InChI is InChI=1S/C31H42ClNO12.Na/c1-4-17-5-6-18(31(41-3)30(44-45-31)19-7-16-8-20(30)12-28(32,10-16)11-19)9-23(17)42-29(27(39)40)13-21(36)24(33-15(2)35)26(43-29)25(38)22(37)14-34;/h5-6,9,16,19-22,24-26,34,36-38H,4,7-8,10-14H2,1-3H3,(H,33,35)(H,39,40);/q;+1/p-1/t16?,19?,20?,21-,22?,24+,25?,26+,28?,29-,30?,31?;/m0./s1. The number of methoxy groups -OCH3 is 1. The summed E-state index contributed by atoms with van der Waals surface area (Å²) in [6.45, 7) is 2.10. The van der Waals surface area contributed by atoms with Gasteiger partial charge in [0.25, 0.3) is 11.6 Å². The summed E-state index contributed by atoms with van der Waals surface area (Å²) in [5, 5.41) is 56.7. The van der Waals surface area contributed by atoms with Crippen molar-refractivity contribution < 1.29 is 88.7 Å². The number of alkyl halides is 1. The van der Waals surface area contributed by atoms with Crippen molar-refractivity contribution in [2.45, 2.75) is 111 Å². The molecule has 9 atom stereocenters. The van der Waals surface area contributed by atoms with Gasteiger partial charge in [-0.25, -0.2) is 4.89 Å². The molecule has 6 fully saturated rings. The van der Waals surface area contributed by atoms with E-state index in [0.717, 1.165) is 39.0 Å². The molecule has 15 heteroatoms. The first kappa shape index (κ1) is 36.2. The number of hydrogen-bond acceptors (Lipinski definition) is 12. The first-order chi connectivity index (χ1) is 21.3. The number of aliphatic hydroxyl groups excluding tert-OH is 4. The van der Waals surface area contributed by atoms with Crippen molar-refractivity contribution in [2.75, 3.05) is 13.7 Å². The van der Waals surface area contributed by atoms with E-state index in [4.69, 9.17) is 35.6 Å². The summed E-state index contributed by atoms with van der Waals surface area (Å²) in [6.07, 6.45) is -2.98. The molecule has 46 heavy (non-hydrogen) atoms. The summed E-state index contributed by atoms with van der Waals surface area (Å²) < 4.78 is 18.1. The Balaban J connectivity index is 0.00000417. The quantitative estimate of drug-likeness (QED) is 0.0945. The number of rotatable bonds is 10. The summed E-state index contributed by atoms with van der Waals surface area (Å²) in [7, 11) is 1.53. The van der Waals surface area contributed by atoms with Crippen molar-refractivity contribution in [3.8, 4) is 5.75 Å². The number of carbonyl (C=O) groups is 2. The monoisotopic (exact) mass is 677 g/mol. The second kappa shape index (κ2) is 13.0. The van der Waals surface area contributed by atoms with Gasteiger partial charge in [0, 0.05) is 30.9 Å². The molecule has 0 aromatic heterocycles. The van der Waals surface area contributed by atoms with Gasteiger partial charge < -0.3 is 49.9 Å². The molecular formula is C31H41ClNNaO12. The van der Waals surface area contributed by atoms with Crippen molar-refractivity contribution in [2.24, 2.45) is 17.8 Å². The van der Waals surface area contributed by atoms with Crippen molar-refractivity contribution in [3.63, 3.8) is 0 Å². The number of amides is 1. The van der Waals surface area contributed by atoms with Gasteiger partial charge >= 0.3 is 29.6 Å². The van der Waals surface area contributed by atoms with Gasteiger partial charge in [-0.2, -0.15) is 4.89 Å². The van der Waals surface area contributed by atoms with E-state index in [2.05, 4.69) is 5.32 Å². The second-order valence-corrected chi connectivity index (χ2v) is 14.2. The van der Waals surface area contributed by atoms with Crippen molar-refractivity contribution >= 4 is 23.5 Å². The maximum atomic E-state index is 12.8. The fourth-order valence-electron chi connectivity index (χ4n) is 8.89. The molecule has 5 unspecified atom stereocenters. The van der Waals surface area contributed by atoms with Crippen LogP contribution in [0, 0.1) is 17.8 Å². The third kappa shape index (κ3) is 5.52. The first-order valence-corrected chi connectivity index (χ1v) is 15.9. The van der Waals surface area contributed by atoms with Crippen LogP contribution in [0.2, 0.25) is 0 Å². The van der Waals surface area contributed by atoms with Crippen LogP contribution in [-0.2, 0) is 41.0 Å². The van der Waals surface area contributed by atoms with Crippen LogP contribution in [0.3, 0.4) is 0 Å². The third-order valence-corrected chi connectivity index (χ3v) is 11.2. The molecule has 2 saturated heterocycles. The Bertz CT molecular complexity index is 1320. The normalized spacial score (nSPS) is 42.1. The number of carboxylic acid groups (broad SMARTS) is 1. The average Bonchev–Trinajstić information content (AvgIpc) is 2.96. The number of aliphatic carboxylic acids is 1. The molecule has 250 valence electrons. The minimum atomic E-state index is -2.67. The van der Waals surface area contributed by atoms with Crippen molar-refractivity contribution in [1.82, 2.24) is 5.32 Å². The maximum absolute atomic E-state index is 12.8.